The second kappa shape index (κ2) is 5.24. The van der Waals surface area contributed by atoms with E-state index in [0.29, 0.717) is 18.4 Å². The van der Waals surface area contributed by atoms with Crippen LogP contribution < -0.4 is 4.74 Å². The van der Waals surface area contributed by atoms with Crippen molar-refractivity contribution in [3.05, 3.63) is 29.6 Å². The van der Waals surface area contributed by atoms with Gasteiger partial charge in [-0.3, -0.25) is 0 Å². The predicted octanol–water partition coefficient (Wildman–Crippen LogP) is 2.56. The molecule has 2 rings (SSSR count). The Morgan fingerprint density at radius 3 is 2.61 bits per heavy atom. The van der Waals surface area contributed by atoms with E-state index in [1.165, 1.54) is 12.1 Å². The van der Waals surface area contributed by atoms with Crippen LogP contribution in [0.15, 0.2) is 18.2 Å². The van der Waals surface area contributed by atoms with Crippen molar-refractivity contribution in [2.45, 2.75) is 44.3 Å². The van der Waals surface area contributed by atoms with Crippen LogP contribution in [0.1, 0.15) is 44.3 Å². The fourth-order valence-corrected chi connectivity index (χ4v) is 2.28. The van der Waals surface area contributed by atoms with Gasteiger partial charge in [-0.05, 0) is 37.5 Å². The summed E-state index contributed by atoms with van der Waals surface area (Å²) in [6.07, 6.45) is 2.69. The zero-order valence-corrected chi connectivity index (χ0v) is 10.5. The maximum atomic E-state index is 13.7. The number of ether oxygens (including phenoxy) is 1. The van der Waals surface area contributed by atoms with Crippen molar-refractivity contribution in [1.82, 2.24) is 0 Å². The van der Waals surface area contributed by atoms with E-state index in [2.05, 4.69) is 0 Å². The number of hydrogen-bond donors (Lipinski definition) is 2. The van der Waals surface area contributed by atoms with Crippen LogP contribution in [0.2, 0.25) is 0 Å². The molecule has 2 N–H and O–H groups in total. The summed E-state index contributed by atoms with van der Waals surface area (Å²) in [4.78, 5) is 0. The van der Waals surface area contributed by atoms with Gasteiger partial charge in [0, 0.05) is 0 Å². The van der Waals surface area contributed by atoms with Crippen LogP contribution >= 0.6 is 0 Å². The molecule has 1 atom stereocenters. The van der Waals surface area contributed by atoms with Gasteiger partial charge in [-0.1, -0.05) is 18.9 Å². The van der Waals surface area contributed by atoms with E-state index in [1.54, 1.807) is 13.0 Å². The van der Waals surface area contributed by atoms with Gasteiger partial charge in [0.1, 0.15) is 6.61 Å². The maximum absolute atomic E-state index is 13.7. The number of rotatable bonds is 4. The highest BCUT2D eigenvalue weighted by Gasteiger charge is 2.32. The average molecular weight is 254 g/mol. The molecule has 0 aliphatic heterocycles. The first-order valence-corrected chi connectivity index (χ1v) is 6.33. The Hall–Kier alpha value is -1.13. The molecule has 0 aromatic heterocycles. The number of aliphatic hydroxyl groups is 2. The molecule has 18 heavy (non-hydrogen) atoms. The Morgan fingerprint density at radius 1 is 1.39 bits per heavy atom. The Bertz CT molecular complexity index is 412. The maximum Gasteiger partial charge on any atom is 0.165 e. The normalized spacial score (nSPS) is 19.8. The van der Waals surface area contributed by atoms with Crippen LogP contribution in [0.4, 0.5) is 4.39 Å². The summed E-state index contributed by atoms with van der Waals surface area (Å²) in [5.74, 6) is -0.380. The lowest BCUT2D eigenvalue weighted by atomic mass is 10.0. The first-order chi connectivity index (χ1) is 8.50. The van der Waals surface area contributed by atoms with Gasteiger partial charge < -0.3 is 14.9 Å². The molecule has 0 radical (unpaired) electrons. The third-order valence-electron chi connectivity index (χ3n) is 3.47. The monoisotopic (exact) mass is 254 g/mol. The molecule has 0 heterocycles. The molecule has 0 amide bonds. The van der Waals surface area contributed by atoms with Crippen LogP contribution in [0, 0.1) is 5.82 Å². The third kappa shape index (κ3) is 3.00. The molecule has 3 nitrogen and oxygen atoms in total. The smallest absolute Gasteiger partial charge is 0.165 e. The first kappa shape index (κ1) is 13.3. The molecule has 1 unspecified atom stereocenters. The van der Waals surface area contributed by atoms with E-state index in [1.807, 2.05) is 0 Å². The second-order valence-electron chi connectivity index (χ2n) is 5.09. The molecular formula is C14H19FO3. The van der Waals surface area contributed by atoms with E-state index in [4.69, 9.17) is 4.74 Å². The molecule has 4 heteroatoms. The van der Waals surface area contributed by atoms with Crippen molar-refractivity contribution in [3.63, 3.8) is 0 Å². The summed E-state index contributed by atoms with van der Waals surface area (Å²) in [5, 5.41) is 19.4. The van der Waals surface area contributed by atoms with Crippen LogP contribution in [0.25, 0.3) is 0 Å². The summed E-state index contributed by atoms with van der Waals surface area (Å²) in [5.41, 5.74) is -0.297. The topological polar surface area (TPSA) is 49.7 Å². The minimum absolute atomic E-state index is 0.123. The molecule has 1 aromatic carbocycles. The standard InChI is InChI=1S/C14H19FO3/c1-10(16)11-4-5-13(12(15)8-11)18-9-14(17)6-2-3-7-14/h4-5,8,10,16-17H,2-3,6-7,9H2,1H3. The van der Waals surface area contributed by atoms with Crippen molar-refractivity contribution in [2.24, 2.45) is 0 Å². The zero-order chi connectivity index (χ0) is 13.2. The van der Waals surface area contributed by atoms with Crippen LogP contribution in [0.5, 0.6) is 5.75 Å². The van der Waals surface area contributed by atoms with Crippen LogP contribution in [0.3, 0.4) is 0 Å². The van der Waals surface area contributed by atoms with Crippen molar-refractivity contribution in [1.29, 1.82) is 0 Å². The lowest BCUT2D eigenvalue weighted by Crippen LogP contribution is -2.32. The molecule has 0 spiro atoms. The molecule has 100 valence electrons. The summed E-state index contributed by atoms with van der Waals surface area (Å²) >= 11 is 0. The van der Waals surface area contributed by atoms with Gasteiger partial charge in [-0.25, -0.2) is 4.39 Å². The molecule has 1 aromatic rings. The average Bonchev–Trinajstić information content (AvgIpc) is 2.75. The fraction of sp³-hybridized carbons (Fsp3) is 0.571. The van der Waals surface area contributed by atoms with Gasteiger partial charge >= 0.3 is 0 Å². The minimum atomic E-state index is -0.810. The fourth-order valence-electron chi connectivity index (χ4n) is 2.28. The SMILES string of the molecule is CC(O)c1ccc(OCC2(O)CCCC2)c(F)c1. The summed E-state index contributed by atoms with van der Waals surface area (Å²) in [6, 6.07) is 4.39. The van der Waals surface area contributed by atoms with Gasteiger partial charge in [0.15, 0.2) is 11.6 Å². The number of halogens is 1. The van der Waals surface area contributed by atoms with Crippen LogP contribution in [-0.2, 0) is 0 Å². The van der Waals surface area contributed by atoms with E-state index in [9.17, 15) is 14.6 Å². The van der Waals surface area contributed by atoms with Gasteiger partial charge in [0.05, 0.1) is 11.7 Å². The second-order valence-corrected chi connectivity index (χ2v) is 5.09. The highest BCUT2D eigenvalue weighted by molar-refractivity contribution is 5.30. The van der Waals surface area contributed by atoms with Crippen LogP contribution in [-0.4, -0.2) is 22.4 Å². The lowest BCUT2D eigenvalue weighted by Gasteiger charge is -2.22. The molecule has 1 fully saturated rings. The van der Waals surface area contributed by atoms with Crippen molar-refractivity contribution < 1.29 is 19.3 Å². The summed E-state index contributed by atoms with van der Waals surface area (Å²) in [6.45, 7) is 1.70. The number of hydrogen-bond acceptors (Lipinski definition) is 3. The largest absolute Gasteiger partial charge is 0.488 e. The number of aliphatic hydroxyl groups excluding tert-OH is 1. The molecule has 1 saturated carbocycles. The minimum Gasteiger partial charge on any atom is -0.488 e. The van der Waals surface area contributed by atoms with Gasteiger partial charge in [-0.15, -0.1) is 0 Å². The lowest BCUT2D eigenvalue weighted by molar-refractivity contribution is 0.000301. The quantitative estimate of drug-likeness (QED) is 0.868. The summed E-state index contributed by atoms with van der Waals surface area (Å²) in [7, 11) is 0. The highest BCUT2D eigenvalue weighted by atomic mass is 19.1. The van der Waals surface area contributed by atoms with Crippen molar-refractivity contribution >= 4 is 0 Å². The Labute approximate surface area is 106 Å². The van der Waals surface area contributed by atoms with E-state index >= 15 is 0 Å². The van der Waals surface area contributed by atoms with Gasteiger partial charge in [-0.2, -0.15) is 0 Å². The van der Waals surface area contributed by atoms with Crippen molar-refractivity contribution in [2.75, 3.05) is 6.61 Å². The van der Waals surface area contributed by atoms with Gasteiger partial charge in [0.25, 0.3) is 0 Å². The van der Waals surface area contributed by atoms with E-state index in [-0.39, 0.29) is 12.4 Å². The molecular weight excluding hydrogens is 235 g/mol. The molecule has 1 aliphatic rings. The van der Waals surface area contributed by atoms with E-state index < -0.39 is 17.5 Å². The summed E-state index contributed by atoms with van der Waals surface area (Å²) < 4.78 is 19.0. The van der Waals surface area contributed by atoms with Gasteiger partial charge in [0.2, 0.25) is 0 Å². The van der Waals surface area contributed by atoms with E-state index in [0.717, 1.165) is 12.8 Å². The first-order valence-electron chi connectivity index (χ1n) is 6.33. The molecule has 0 saturated heterocycles. The Morgan fingerprint density at radius 2 is 2.06 bits per heavy atom. The zero-order valence-electron chi connectivity index (χ0n) is 10.5. The molecule has 1 aliphatic carbocycles. The predicted molar refractivity (Wildman–Crippen MR) is 65.9 cm³/mol. The third-order valence-corrected chi connectivity index (χ3v) is 3.47. The highest BCUT2D eigenvalue weighted by Crippen LogP contribution is 2.31. The molecule has 0 bridgehead atoms. The Balaban J connectivity index is 2.01. The number of benzene rings is 1. The van der Waals surface area contributed by atoms with Crippen molar-refractivity contribution in [3.8, 4) is 5.75 Å². The Kier molecular flexibility index (Phi) is 3.88.